The van der Waals surface area contributed by atoms with E-state index in [0.717, 1.165) is 10.9 Å². The first-order valence-corrected chi connectivity index (χ1v) is 6.82. The number of hydrogen-bond acceptors (Lipinski definition) is 3. The zero-order valence-corrected chi connectivity index (χ0v) is 12.0. The Hall–Kier alpha value is -0.0900. The third-order valence-corrected chi connectivity index (χ3v) is 3.81. The Morgan fingerprint density at radius 3 is 2.38 bits per heavy atom. The average molecular weight is 261 g/mol. The lowest BCUT2D eigenvalue weighted by molar-refractivity contribution is 0.200. The van der Waals surface area contributed by atoms with Crippen LogP contribution < -0.4 is 5.73 Å². The Labute approximate surface area is 107 Å². The van der Waals surface area contributed by atoms with Crippen molar-refractivity contribution in [1.29, 1.82) is 0 Å². The van der Waals surface area contributed by atoms with Crippen LogP contribution in [-0.4, -0.2) is 24.5 Å². The van der Waals surface area contributed by atoms with E-state index in [1.807, 2.05) is 6.07 Å². The molecule has 2 N–H and O–H groups in total. The van der Waals surface area contributed by atoms with Crippen LogP contribution >= 0.6 is 22.9 Å². The number of rotatable bonds is 5. The summed E-state index contributed by atoms with van der Waals surface area (Å²) in [5.74, 6) is 0.640. The van der Waals surface area contributed by atoms with Crippen LogP contribution in [0.3, 0.4) is 0 Å². The Balaban J connectivity index is 2.82. The molecule has 2 unspecified atom stereocenters. The smallest absolute Gasteiger partial charge is 0.0931 e. The summed E-state index contributed by atoms with van der Waals surface area (Å²) in [5.41, 5.74) is 6.08. The maximum atomic E-state index is 6.08. The maximum absolute atomic E-state index is 6.08. The molecule has 16 heavy (non-hydrogen) atoms. The highest BCUT2D eigenvalue weighted by Crippen LogP contribution is 2.31. The van der Waals surface area contributed by atoms with E-state index in [1.165, 1.54) is 4.88 Å². The van der Waals surface area contributed by atoms with Gasteiger partial charge in [0.1, 0.15) is 0 Å². The third-order valence-electron chi connectivity index (χ3n) is 2.51. The monoisotopic (exact) mass is 260 g/mol. The molecular weight excluding hydrogens is 240 g/mol. The van der Waals surface area contributed by atoms with Crippen molar-refractivity contribution < 1.29 is 0 Å². The van der Waals surface area contributed by atoms with Gasteiger partial charge in [0.05, 0.1) is 10.4 Å². The number of thiophene rings is 1. The van der Waals surface area contributed by atoms with Crippen molar-refractivity contribution in [3.05, 3.63) is 21.3 Å². The summed E-state index contributed by atoms with van der Waals surface area (Å²) in [7, 11) is 2.13. The highest BCUT2D eigenvalue weighted by atomic mass is 35.5. The van der Waals surface area contributed by atoms with Crippen molar-refractivity contribution in [2.24, 2.45) is 11.7 Å². The topological polar surface area (TPSA) is 29.3 Å². The van der Waals surface area contributed by atoms with Crippen molar-refractivity contribution in [3.8, 4) is 0 Å². The van der Waals surface area contributed by atoms with E-state index >= 15 is 0 Å². The van der Waals surface area contributed by atoms with Gasteiger partial charge < -0.3 is 5.73 Å². The van der Waals surface area contributed by atoms with Gasteiger partial charge in [-0.25, -0.2) is 0 Å². The summed E-state index contributed by atoms with van der Waals surface area (Å²) in [5, 5.41) is 0. The fourth-order valence-electron chi connectivity index (χ4n) is 2.05. The molecule has 2 atom stereocenters. The molecule has 1 heterocycles. The first-order valence-electron chi connectivity index (χ1n) is 5.63. The summed E-state index contributed by atoms with van der Waals surface area (Å²) in [6.45, 7) is 7.53. The maximum Gasteiger partial charge on any atom is 0.0931 e. The highest BCUT2D eigenvalue weighted by molar-refractivity contribution is 7.16. The molecule has 4 heteroatoms. The molecule has 0 radical (unpaired) electrons. The van der Waals surface area contributed by atoms with Crippen LogP contribution in [0.2, 0.25) is 4.34 Å². The zero-order valence-electron chi connectivity index (χ0n) is 10.4. The van der Waals surface area contributed by atoms with Gasteiger partial charge in [0, 0.05) is 17.5 Å². The number of nitrogens with zero attached hydrogens (tertiary/aromatic N) is 1. The zero-order chi connectivity index (χ0) is 12.3. The lowest BCUT2D eigenvalue weighted by atomic mass is 10.1. The molecule has 1 rings (SSSR count). The molecule has 0 spiro atoms. The molecule has 0 amide bonds. The number of hydrogen-bond donors (Lipinski definition) is 1. The van der Waals surface area contributed by atoms with Gasteiger partial charge in [-0.2, -0.15) is 0 Å². The Bertz CT molecular complexity index is 323. The predicted octanol–water partition coefficient (Wildman–Crippen LogP) is 3.38. The molecule has 0 saturated carbocycles. The molecule has 0 fully saturated rings. The van der Waals surface area contributed by atoms with Crippen LogP contribution in [0.15, 0.2) is 12.1 Å². The third kappa shape index (κ3) is 3.74. The molecule has 1 aromatic heterocycles. The normalized spacial score (nSPS) is 15.8. The fourth-order valence-corrected chi connectivity index (χ4v) is 3.40. The van der Waals surface area contributed by atoms with E-state index < -0.39 is 0 Å². The van der Waals surface area contributed by atoms with E-state index in [9.17, 15) is 0 Å². The van der Waals surface area contributed by atoms with Crippen LogP contribution in [0, 0.1) is 5.92 Å². The fraction of sp³-hybridized carbons (Fsp3) is 0.667. The summed E-state index contributed by atoms with van der Waals surface area (Å²) in [4.78, 5) is 3.57. The van der Waals surface area contributed by atoms with Crippen LogP contribution in [0.4, 0.5) is 0 Å². The standard InChI is InChI=1S/C12H21ClN2S/c1-8(2)7-15(4)12(9(3)14)10-5-6-11(13)16-10/h5-6,8-9,12H,7,14H2,1-4H3. The largest absolute Gasteiger partial charge is 0.326 e. The van der Waals surface area contributed by atoms with E-state index in [4.69, 9.17) is 17.3 Å². The van der Waals surface area contributed by atoms with Crippen molar-refractivity contribution in [3.63, 3.8) is 0 Å². The molecular formula is C12H21ClN2S. The molecule has 0 bridgehead atoms. The van der Waals surface area contributed by atoms with Gasteiger partial charge in [-0.15, -0.1) is 11.3 Å². The molecule has 0 aromatic carbocycles. The Morgan fingerprint density at radius 2 is 2.00 bits per heavy atom. The van der Waals surface area contributed by atoms with Crippen molar-refractivity contribution in [1.82, 2.24) is 4.90 Å². The van der Waals surface area contributed by atoms with E-state index in [1.54, 1.807) is 11.3 Å². The van der Waals surface area contributed by atoms with Crippen LogP contribution in [0.25, 0.3) is 0 Å². The van der Waals surface area contributed by atoms with Crippen LogP contribution in [0.1, 0.15) is 31.7 Å². The first kappa shape index (κ1) is 14.0. The first-order chi connectivity index (χ1) is 7.41. The summed E-state index contributed by atoms with van der Waals surface area (Å²) >= 11 is 7.60. The van der Waals surface area contributed by atoms with E-state index in [-0.39, 0.29) is 12.1 Å². The Kier molecular flexibility index (Phi) is 5.25. The lowest BCUT2D eigenvalue weighted by Gasteiger charge is -2.31. The van der Waals surface area contributed by atoms with Gasteiger partial charge in [0.25, 0.3) is 0 Å². The summed E-state index contributed by atoms with van der Waals surface area (Å²) in [6.07, 6.45) is 0. The second kappa shape index (κ2) is 6.01. The minimum absolute atomic E-state index is 0.110. The van der Waals surface area contributed by atoms with Crippen LogP contribution in [-0.2, 0) is 0 Å². The SMILES string of the molecule is CC(C)CN(C)C(c1ccc(Cl)s1)C(C)N. The molecule has 92 valence electrons. The molecule has 0 aliphatic heterocycles. The minimum Gasteiger partial charge on any atom is -0.326 e. The predicted molar refractivity (Wildman–Crippen MR) is 73.2 cm³/mol. The molecule has 0 aliphatic carbocycles. The second-order valence-corrected chi connectivity index (χ2v) is 6.53. The average Bonchev–Trinajstić information content (AvgIpc) is 2.49. The van der Waals surface area contributed by atoms with Crippen LogP contribution in [0.5, 0.6) is 0 Å². The summed E-state index contributed by atoms with van der Waals surface area (Å²) < 4.78 is 0.832. The lowest BCUT2D eigenvalue weighted by Crippen LogP contribution is -2.38. The van der Waals surface area contributed by atoms with Crippen molar-refractivity contribution in [2.45, 2.75) is 32.9 Å². The van der Waals surface area contributed by atoms with E-state index in [2.05, 4.69) is 38.8 Å². The number of halogens is 1. The Morgan fingerprint density at radius 1 is 1.38 bits per heavy atom. The summed E-state index contributed by atoms with van der Waals surface area (Å²) in [6, 6.07) is 4.40. The second-order valence-electron chi connectivity index (χ2n) is 4.78. The minimum atomic E-state index is 0.110. The van der Waals surface area contributed by atoms with Crippen molar-refractivity contribution >= 4 is 22.9 Å². The number of likely N-dealkylation sites (N-methyl/N-ethyl adjacent to an activating group) is 1. The van der Waals surface area contributed by atoms with Gasteiger partial charge in [-0.3, -0.25) is 4.90 Å². The quantitative estimate of drug-likeness (QED) is 0.880. The molecule has 1 aromatic rings. The van der Waals surface area contributed by atoms with Crippen molar-refractivity contribution in [2.75, 3.05) is 13.6 Å². The van der Waals surface area contributed by atoms with Gasteiger partial charge in [-0.1, -0.05) is 25.4 Å². The van der Waals surface area contributed by atoms with Gasteiger partial charge in [0.15, 0.2) is 0 Å². The molecule has 2 nitrogen and oxygen atoms in total. The van der Waals surface area contributed by atoms with Gasteiger partial charge in [0.2, 0.25) is 0 Å². The number of nitrogens with two attached hydrogens (primary N) is 1. The van der Waals surface area contributed by atoms with Gasteiger partial charge in [-0.05, 0) is 32.0 Å². The van der Waals surface area contributed by atoms with E-state index in [0.29, 0.717) is 5.92 Å². The van der Waals surface area contributed by atoms with Gasteiger partial charge >= 0.3 is 0 Å². The highest BCUT2D eigenvalue weighted by Gasteiger charge is 2.23. The molecule has 0 saturated heterocycles. The molecule has 0 aliphatic rings.